The summed E-state index contributed by atoms with van der Waals surface area (Å²) in [5, 5.41) is 8.68. The number of para-hydroxylation sites is 1. The molecular weight excluding hydrogens is 384 g/mol. The summed E-state index contributed by atoms with van der Waals surface area (Å²) in [6.07, 6.45) is 5.68. The Morgan fingerprint density at radius 2 is 2.00 bits per heavy atom. The molecule has 146 valence electrons. The van der Waals surface area contributed by atoms with Gasteiger partial charge < -0.3 is 15.6 Å². The molecule has 0 spiro atoms. The minimum atomic E-state index is -0.694. The van der Waals surface area contributed by atoms with E-state index in [1.54, 1.807) is 18.5 Å². The van der Waals surface area contributed by atoms with Crippen LogP contribution < -0.4 is 10.6 Å². The third-order valence-corrected chi connectivity index (χ3v) is 5.52. The number of carbonyl (C=O) groups is 2. The molecule has 0 aliphatic carbocycles. The van der Waals surface area contributed by atoms with Crippen LogP contribution in [0, 0.1) is 0 Å². The van der Waals surface area contributed by atoms with E-state index in [2.05, 4.69) is 20.6 Å². The number of hydrogen-bond donors (Lipinski definition) is 3. The van der Waals surface area contributed by atoms with Crippen LogP contribution in [0.3, 0.4) is 0 Å². The highest BCUT2D eigenvalue weighted by Gasteiger charge is 2.23. The van der Waals surface area contributed by atoms with Crippen LogP contribution >= 0.6 is 11.3 Å². The van der Waals surface area contributed by atoms with Crippen molar-refractivity contribution in [3.8, 4) is 0 Å². The molecule has 0 aliphatic rings. The molecule has 3 N–H and O–H groups in total. The summed E-state index contributed by atoms with van der Waals surface area (Å²) in [5.41, 5.74) is 2.88. The second-order valence-corrected chi connectivity index (χ2v) is 7.59. The van der Waals surface area contributed by atoms with Crippen molar-refractivity contribution in [3.63, 3.8) is 0 Å². The van der Waals surface area contributed by atoms with E-state index >= 15 is 0 Å². The highest BCUT2D eigenvalue weighted by molar-refractivity contribution is 7.12. The van der Waals surface area contributed by atoms with Gasteiger partial charge in [-0.1, -0.05) is 30.3 Å². The van der Waals surface area contributed by atoms with Crippen molar-refractivity contribution in [2.45, 2.75) is 19.0 Å². The molecule has 1 atom stereocenters. The van der Waals surface area contributed by atoms with Gasteiger partial charge in [0.25, 0.3) is 5.91 Å². The summed E-state index contributed by atoms with van der Waals surface area (Å²) in [5.74, 6) is -0.481. The highest BCUT2D eigenvalue weighted by Crippen LogP contribution is 2.19. The summed E-state index contributed by atoms with van der Waals surface area (Å²) in [7, 11) is 0. The number of nitrogens with one attached hydrogen (secondary N) is 3. The van der Waals surface area contributed by atoms with Gasteiger partial charge in [0.2, 0.25) is 5.91 Å². The third kappa shape index (κ3) is 4.52. The molecule has 0 bridgehead atoms. The zero-order valence-corrected chi connectivity index (χ0v) is 16.4. The van der Waals surface area contributed by atoms with Gasteiger partial charge in [-0.15, -0.1) is 11.3 Å². The summed E-state index contributed by atoms with van der Waals surface area (Å²) in [4.78, 5) is 33.4. The Balaban J connectivity index is 1.52. The minimum Gasteiger partial charge on any atom is -0.361 e. The Hall–Kier alpha value is -3.45. The fourth-order valence-electron chi connectivity index (χ4n) is 3.18. The molecule has 0 radical (unpaired) electrons. The first kappa shape index (κ1) is 18.9. The van der Waals surface area contributed by atoms with E-state index in [9.17, 15) is 9.59 Å². The van der Waals surface area contributed by atoms with Crippen LogP contribution in [0.2, 0.25) is 0 Å². The first-order valence-electron chi connectivity index (χ1n) is 9.26. The van der Waals surface area contributed by atoms with Gasteiger partial charge in [0.1, 0.15) is 6.04 Å². The van der Waals surface area contributed by atoms with Crippen LogP contribution in [-0.4, -0.2) is 27.8 Å². The Morgan fingerprint density at radius 3 is 2.79 bits per heavy atom. The van der Waals surface area contributed by atoms with E-state index < -0.39 is 6.04 Å². The smallest absolute Gasteiger partial charge is 0.262 e. The van der Waals surface area contributed by atoms with Crippen LogP contribution in [0.1, 0.15) is 20.8 Å². The number of H-pyrrole nitrogens is 1. The van der Waals surface area contributed by atoms with Crippen molar-refractivity contribution in [2.75, 3.05) is 0 Å². The van der Waals surface area contributed by atoms with E-state index in [1.807, 2.05) is 54.0 Å². The second kappa shape index (κ2) is 8.70. The first-order valence-corrected chi connectivity index (χ1v) is 10.1. The van der Waals surface area contributed by atoms with E-state index in [1.165, 1.54) is 11.3 Å². The molecule has 4 rings (SSSR count). The number of thiophene rings is 1. The van der Waals surface area contributed by atoms with Crippen molar-refractivity contribution in [1.29, 1.82) is 0 Å². The van der Waals surface area contributed by atoms with Crippen molar-refractivity contribution in [2.24, 2.45) is 0 Å². The Morgan fingerprint density at radius 1 is 1.10 bits per heavy atom. The lowest BCUT2D eigenvalue weighted by molar-refractivity contribution is -0.123. The number of fused-ring (bicyclic) bond motifs is 1. The van der Waals surface area contributed by atoms with E-state index in [0.29, 0.717) is 17.8 Å². The molecule has 2 amide bonds. The fraction of sp³-hybridized carbons (Fsp3) is 0.136. The lowest BCUT2D eigenvalue weighted by atomic mass is 10.0. The number of aromatic amines is 1. The van der Waals surface area contributed by atoms with Gasteiger partial charge in [-0.05, 0) is 34.7 Å². The van der Waals surface area contributed by atoms with Gasteiger partial charge in [-0.3, -0.25) is 14.6 Å². The van der Waals surface area contributed by atoms with Gasteiger partial charge in [-0.25, -0.2) is 0 Å². The summed E-state index contributed by atoms with van der Waals surface area (Å²) >= 11 is 1.35. The molecule has 6 nitrogen and oxygen atoms in total. The van der Waals surface area contributed by atoms with Crippen LogP contribution in [0.15, 0.2) is 72.5 Å². The largest absolute Gasteiger partial charge is 0.361 e. The van der Waals surface area contributed by atoms with Crippen LogP contribution in [0.25, 0.3) is 10.9 Å². The number of hydrogen-bond acceptors (Lipinski definition) is 4. The predicted octanol–water partition coefficient (Wildman–Crippen LogP) is 3.28. The molecule has 1 aromatic carbocycles. The number of aromatic nitrogens is 2. The Labute approximate surface area is 172 Å². The van der Waals surface area contributed by atoms with E-state index in [4.69, 9.17) is 0 Å². The summed E-state index contributed by atoms with van der Waals surface area (Å²) in [6.45, 7) is 0.353. The Bertz CT molecular complexity index is 1110. The maximum atomic E-state index is 12.9. The molecule has 3 aromatic heterocycles. The van der Waals surface area contributed by atoms with Crippen molar-refractivity contribution in [1.82, 2.24) is 20.6 Å². The van der Waals surface area contributed by atoms with Gasteiger partial charge in [-0.2, -0.15) is 0 Å². The monoisotopic (exact) mass is 404 g/mol. The number of benzene rings is 1. The van der Waals surface area contributed by atoms with Crippen LogP contribution in [-0.2, 0) is 17.8 Å². The normalized spacial score (nSPS) is 11.9. The number of carbonyl (C=O) groups excluding carboxylic acids is 2. The number of pyridine rings is 1. The SMILES string of the molecule is O=C(NC(Cc1c[nH]c2ccccc12)C(=O)NCc1cccnc1)c1cccs1. The van der Waals surface area contributed by atoms with Gasteiger partial charge >= 0.3 is 0 Å². The number of amides is 2. The lowest BCUT2D eigenvalue weighted by Gasteiger charge is -2.18. The van der Waals surface area contributed by atoms with E-state index in [-0.39, 0.29) is 11.8 Å². The van der Waals surface area contributed by atoms with Gasteiger partial charge in [0.15, 0.2) is 0 Å². The van der Waals surface area contributed by atoms with Crippen molar-refractivity contribution >= 4 is 34.1 Å². The summed E-state index contributed by atoms with van der Waals surface area (Å²) in [6, 6.07) is 14.5. The molecule has 29 heavy (non-hydrogen) atoms. The maximum absolute atomic E-state index is 12.9. The molecule has 7 heteroatoms. The minimum absolute atomic E-state index is 0.232. The summed E-state index contributed by atoms with van der Waals surface area (Å²) < 4.78 is 0. The second-order valence-electron chi connectivity index (χ2n) is 6.65. The average Bonchev–Trinajstić information content (AvgIpc) is 3.43. The highest BCUT2D eigenvalue weighted by atomic mass is 32.1. The molecule has 4 aromatic rings. The van der Waals surface area contributed by atoms with Crippen LogP contribution in [0.5, 0.6) is 0 Å². The molecule has 0 fully saturated rings. The molecular formula is C22H20N4O2S. The molecule has 0 saturated carbocycles. The zero-order chi connectivity index (χ0) is 20.1. The number of nitrogens with zero attached hydrogens (tertiary/aromatic N) is 1. The standard InChI is InChI=1S/C22H20N4O2S/c27-21(25-13-15-5-3-9-23-12-15)19(26-22(28)20-8-4-10-29-20)11-16-14-24-18-7-2-1-6-17(16)18/h1-10,12,14,19,24H,11,13H2,(H,25,27)(H,26,28). The van der Waals surface area contributed by atoms with Crippen molar-refractivity contribution in [3.05, 3.63) is 88.5 Å². The topological polar surface area (TPSA) is 86.9 Å². The van der Waals surface area contributed by atoms with E-state index in [0.717, 1.165) is 22.0 Å². The number of rotatable bonds is 7. The molecule has 0 aliphatic heterocycles. The maximum Gasteiger partial charge on any atom is 0.262 e. The molecule has 0 saturated heterocycles. The first-order chi connectivity index (χ1) is 14.2. The quantitative estimate of drug-likeness (QED) is 0.442. The van der Waals surface area contributed by atoms with Crippen molar-refractivity contribution < 1.29 is 9.59 Å². The van der Waals surface area contributed by atoms with Gasteiger partial charge in [0, 0.05) is 42.5 Å². The van der Waals surface area contributed by atoms with Gasteiger partial charge in [0.05, 0.1) is 4.88 Å². The predicted molar refractivity (Wildman–Crippen MR) is 114 cm³/mol. The average molecular weight is 404 g/mol. The third-order valence-electron chi connectivity index (χ3n) is 4.66. The molecule has 3 heterocycles. The molecule has 1 unspecified atom stereocenters. The zero-order valence-electron chi connectivity index (χ0n) is 15.6. The van der Waals surface area contributed by atoms with Crippen LogP contribution in [0.4, 0.5) is 0 Å². The lowest BCUT2D eigenvalue weighted by Crippen LogP contribution is -2.47. The Kier molecular flexibility index (Phi) is 5.67. The fourth-order valence-corrected chi connectivity index (χ4v) is 3.81.